The molecule has 0 spiro atoms. The molecule has 4 nitrogen and oxygen atoms in total. The summed E-state index contributed by atoms with van der Waals surface area (Å²) in [4.78, 5) is 4.63. The van der Waals surface area contributed by atoms with E-state index in [0.717, 1.165) is 38.3 Å². The zero-order valence-electron chi connectivity index (χ0n) is 16.4. The lowest BCUT2D eigenvalue weighted by Crippen LogP contribution is -2.43. The molecule has 1 fully saturated rings. The van der Waals surface area contributed by atoms with Gasteiger partial charge in [0.2, 0.25) is 0 Å². The summed E-state index contributed by atoms with van der Waals surface area (Å²) in [6, 6.07) is 15.3. The number of piperazine rings is 1. The first-order valence-corrected chi connectivity index (χ1v) is 9.36. The van der Waals surface area contributed by atoms with Gasteiger partial charge in [-0.25, -0.2) is 0 Å². The van der Waals surface area contributed by atoms with Crippen molar-refractivity contribution in [2.75, 3.05) is 45.2 Å². The Labute approximate surface area is 157 Å². The van der Waals surface area contributed by atoms with Crippen LogP contribution in [0.2, 0.25) is 0 Å². The molecule has 0 aliphatic carbocycles. The van der Waals surface area contributed by atoms with Crippen LogP contribution in [0.25, 0.3) is 0 Å². The fraction of sp³-hybridized carbons (Fsp3) is 0.409. The zero-order valence-corrected chi connectivity index (χ0v) is 16.4. The predicted molar refractivity (Wildman–Crippen MR) is 111 cm³/mol. The third-order valence-corrected chi connectivity index (χ3v) is 5.02. The number of hydrogen-bond acceptors (Lipinski definition) is 4. The second-order valence-electron chi connectivity index (χ2n) is 7.39. The SMILES string of the molecule is Cc1ccc(CN2CCN(/N=C/c3ccc(N(C)C)cc3)CC2)c(C)c1. The van der Waals surface area contributed by atoms with Gasteiger partial charge in [-0.15, -0.1) is 0 Å². The van der Waals surface area contributed by atoms with Crippen molar-refractivity contribution in [1.29, 1.82) is 0 Å². The van der Waals surface area contributed by atoms with Gasteiger partial charge in [-0.05, 0) is 42.7 Å². The molecule has 0 N–H and O–H groups in total. The molecule has 0 unspecified atom stereocenters. The minimum Gasteiger partial charge on any atom is -0.378 e. The molecule has 4 heteroatoms. The Hall–Kier alpha value is -2.33. The van der Waals surface area contributed by atoms with E-state index in [2.05, 4.69) is 90.3 Å². The van der Waals surface area contributed by atoms with Crippen LogP contribution in [0.5, 0.6) is 0 Å². The summed E-state index contributed by atoms with van der Waals surface area (Å²) in [7, 11) is 4.11. The van der Waals surface area contributed by atoms with Crippen LogP contribution in [-0.2, 0) is 6.54 Å². The Morgan fingerprint density at radius 2 is 1.65 bits per heavy atom. The number of aryl methyl sites for hydroxylation is 2. The van der Waals surface area contributed by atoms with E-state index in [1.54, 1.807) is 0 Å². The van der Waals surface area contributed by atoms with Crippen LogP contribution in [0.1, 0.15) is 22.3 Å². The average Bonchev–Trinajstić information content (AvgIpc) is 2.64. The minimum absolute atomic E-state index is 0.983. The summed E-state index contributed by atoms with van der Waals surface area (Å²) >= 11 is 0. The van der Waals surface area contributed by atoms with Crippen molar-refractivity contribution in [2.24, 2.45) is 5.10 Å². The highest BCUT2D eigenvalue weighted by molar-refractivity contribution is 5.80. The molecule has 0 aromatic heterocycles. The van der Waals surface area contributed by atoms with Gasteiger partial charge in [-0.1, -0.05) is 35.9 Å². The maximum atomic E-state index is 4.67. The van der Waals surface area contributed by atoms with Crippen molar-refractivity contribution in [3.63, 3.8) is 0 Å². The number of hydrazone groups is 1. The van der Waals surface area contributed by atoms with E-state index in [1.807, 2.05) is 6.21 Å². The van der Waals surface area contributed by atoms with E-state index in [4.69, 9.17) is 0 Å². The van der Waals surface area contributed by atoms with Gasteiger partial charge in [0.25, 0.3) is 0 Å². The van der Waals surface area contributed by atoms with Gasteiger partial charge in [-0.3, -0.25) is 9.91 Å². The van der Waals surface area contributed by atoms with Crippen LogP contribution in [0.15, 0.2) is 47.6 Å². The molecule has 1 aliphatic heterocycles. The van der Waals surface area contributed by atoms with Gasteiger partial charge in [0, 0.05) is 52.5 Å². The Morgan fingerprint density at radius 3 is 2.27 bits per heavy atom. The predicted octanol–water partition coefficient (Wildman–Crippen LogP) is 3.52. The first-order chi connectivity index (χ1) is 12.5. The molecule has 138 valence electrons. The van der Waals surface area contributed by atoms with Gasteiger partial charge < -0.3 is 4.90 Å². The smallest absolute Gasteiger partial charge is 0.0542 e. The standard InChI is InChI=1S/C22H30N4/c1-18-5-8-21(19(2)15-18)17-25-11-13-26(14-12-25)23-16-20-6-9-22(10-7-20)24(3)4/h5-10,15-16H,11-14,17H2,1-4H3/b23-16+. The monoisotopic (exact) mass is 350 g/mol. The molecule has 0 bridgehead atoms. The summed E-state index contributed by atoms with van der Waals surface area (Å²) in [5, 5.41) is 6.85. The summed E-state index contributed by atoms with van der Waals surface area (Å²) in [5.74, 6) is 0. The summed E-state index contributed by atoms with van der Waals surface area (Å²) in [6.45, 7) is 9.49. The molecule has 2 aromatic carbocycles. The van der Waals surface area contributed by atoms with Crippen LogP contribution in [0, 0.1) is 13.8 Å². The molecule has 0 amide bonds. The Morgan fingerprint density at radius 1 is 0.962 bits per heavy atom. The number of hydrogen-bond donors (Lipinski definition) is 0. The largest absolute Gasteiger partial charge is 0.378 e. The van der Waals surface area contributed by atoms with E-state index in [9.17, 15) is 0 Å². The molecule has 1 aliphatic rings. The van der Waals surface area contributed by atoms with Crippen molar-refractivity contribution in [3.8, 4) is 0 Å². The first kappa shape index (κ1) is 18.5. The molecular weight excluding hydrogens is 320 g/mol. The van der Waals surface area contributed by atoms with Crippen LogP contribution in [0.3, 0.4) is 0 Å². The Kier molecular flexibility index (Phi) is 5.94. The van der Waals surface area contributed by atoms with Crippen molar-refractivity contribution in [3.05, 3.63) is 64.7 Å². The lowest BCUT2D eigenvalue weighted by atomic mass is 10.1. The lowest BCUT2D eigenvalue weighted by molar-refractivity contribution is 0.131. The van der Waals surface area contributed by atoms with Crippen molar-refractivity contribution in [1.82, 2.24) is 9.91 Å². The molecular formula is C22H30N4. The molecule has 26 heavy (non-hydrogen) atoms. The maximum absolute atomic E-state index is 4.67. The second kappa shape index (κ2) is 8.37. The van der Waals surface area contributed by atoms with Crippen molar-refractivity contribution >= 4 is 11.9 Å². The van der Waals surface area contributed by atoms with Crippen LogP contribution in [-0.4, -0.2) is 56.4 Å². The lowest BCUT2D eigenvalue weighted by Gasteiger charge is -2.33. The minimum atomic E-state index is 0.983. The first-order valence-electron chi connectivity index (χ1n) is 9.36. The van der Waals surface area contributed by atoms with Crippen LogP contribution < -0.4 is 4.90 Å². The molecule has 1 heterocycles. The summed E-state index contributed by atoms with van der Waals surface area (Å²) in [5.41, 5.74) is 6.53. The van der Waals surface area contributed by atoms with E-state index >= 15 is 0 Å². The number of anilines is 1. The fourth-order valence-electron chi connectivity index (χ4n) is 3.28. The molecule has 3 rings (SSSR count). The topological polar surface area (TPSA) is 22.1 Å². The van der Waals surface area contributed by atoms with Gasteiger partial charge in [0.15, 0.2) is 0 Å². The van der Waals surface area contributed by atoms with E-state index in [0.29, 0.717) is 0 Å². The number of rotatable bonds is 5. The van der Waals surface area contributed by atoms with Crippen LogP contribution in [0.4, 0.5) is 5.69 Å². The number of benzene rings is 2. The van der Waals surface area contributed by atoms with Gasteiger partial charge in [-0.2, -0.15) is 5.10 Å². The van der Waals surface area contributed by atoms with E-state index in [1.165, 1.54) is 22.4 Å². The molecule has 0 atom stereocenters. The van der Waals surface area contributed by atoms with E-state index < -0.39 is 0 Å². The molecule has 2 aromatic rings. The maximum Gasteiger partial charge on any atom is 0.0542 e. The quantitative estimate of drug-likeness (QED) is 0.770. The summed E-state index contributed by atoms with van der Waals surface area (Å²) < 4.78 is 0. The highest BCUT2D eigenvalue weighted by Gasteiger charge is 2.16. The van der Waals surface area contributed by atoms with Gasteiger partial charge in [0.05, 0.1) is 6.21 Å². The van der Waals surface area contributed by atoms with Gasteiger partial charge in [0.1, 0.15) is 0 Å². The Balaban J connectivity index is 1.50. The van der Waals surface area contributed by atoms with Crippen molar-refractivity contribution in [2.45, 2.75) is 20.4 Å². The Bertz CT molecular complexity index is 741. The third-order valence-electron chi connectivity index (χ3n) is 5.02. The molecule has 0 radical (unpaired) electrons. The normalized spacial score (nSPS) is 15.6. The zero-order chi connectivity index (χ0) is 18.5. The molecule has 1 saturated heterocycles. The molecule has 0 saturated carbocycles. The average molecular weight is 351 g/mol. The van der Waals surface area contributed by atoms with E-state index in [-0.39, 0.29) is 0 Å². The fourth-order valence-corrected chi connectivity index (χ4v) is 3.28. The second-order valence-corrected chi connectivity index (χ2v) is 7.39. The number of nitrogens with zero attached hydrogens (tertiary/aromatic N) is 4. The highest BCUT2D eigenvalue weighted by atomic mass is 15.5. The summed E-state index contributed by atoms with van der Waals surface area (Å²) in [6.07, 6.45) is 1.97. The third kappa shape index (κ3) is 4.85. The van der Waals surface area contributed by atoms with Crippen molar-refractivity contribution < 1.29 is 0 Å². The highest BCUT2D eigenvalue weighted by Crippen LogP contribution is 2.15. The van der Waals surface area contributed by atoms with Gasteiger partial charge >= 0.3 is 0 Å². The van der Waals surface area contributed by atoms with Crippen LogP contribution >= 0.6 is 0 Å².